The zero-order valence-corrected chi connectivity index (χ0v) is 14.6. The summed E-state index contributed by atoms with van der Waals surface area (Å²) < 4.78 is 15.8. The highest BCUT2D eigenvalue weighted by Gasteiger charge is 2.17. The highest BCUT2D eigenvalue weighted by atomic mass is 16.5. The zero-order chi connectivity index (χ0) is 18.5. The SMILES string of the molecule is COc1ccc2c(CC(=O)N[C@@H](C)C(=O)NCc3ccco3)coc2c1. The van der Waals surface area contributed by atoms with Crippen molar-refractivity contribution in [1.29, 1.82) is 0 Å². The van der Waals surface area contributed by atoms with E-state index in [9.17, 15) is 9.59 Å². The first-order chi connectivity index (χ1) is 12.6. The van der Waals surface area contributed by atoms with Gasteiger partial charge in [-0.15, -0.1) is 0 Å². The second-order valence-corrected chi connectivity index (χ2v) is 5.89. The van der Waals surface area contributed by atoms with Crippen LogP contribution < -0.4 is 15.4 Å². The molecule has 2 heterocycles. The van der Waals surface area contributed by atoms with Gasteiger partial charge in [-0.25, -0.2) is 0 Å². The van der Waals surface area contributed by atoms with Crippen LogP contribution in [-0.2, 0) is 22.6 Å². The number of carbonyl (C=O) groups is 2. The number of hydrogen-bond donors (Lipinski definition) is 2. The molecule has 0 aliphatic carbocycles. The average Bonchev–Trinajstić information content (AvgIpc) is 3.29. The van der Waals surface area contributed by atoms with Gasteiger partial charge in [-0.1, -0.05) is 0 Å². The monoisotopic (exact) mass is 356 g/mol. The van der Waals surface area contributed by atoms with Crippen LogP contribution in [0.2, 0.25) is 0 Å². The number of methoxy groups -OCH3 is 1. The lowest BCUT2D eigenvalue weighted by atomic mass is 10.1. The minimum Gasteiger partial charge on any atom is -0.497 e. The molecule has 0 bridgehead atoms. The molecule has 1 aromatic carbocycles. The van der Waals surface area contributed by atoms with E-state index in [1.165, 1.54) is 6.26 Å². The molecule has 3 aromatic rings. The molecule has 2 N–H and O–H groups in total. The molecular weight excluding hydrogens is 336 g/mol. The third-order valence-corrected chi connectivity index (χ3v) is 4.00. The van der Waals surface area contributed by atoms with Crippen molar-refractivity contribution in [2.45, 2.75) is 25.9 Å². The zero-order valence-electron chi connectivity index (χ0n) is 14.6. The minimum absolute atomic E-state index is 0.120. The number of ether oxygens (including phenoxy) is 1. The van der Waals surface area contributed by atoms with Crippen molar-refractivity contribution in [3.05, 3.63) is 54.2 Å². The average molecular weight is 356 g/mol. The Morgan fingerprint density at radius 3 is 2.81 bits per heavy atom. The van der Waals surface area contributed by atoms with E-state index in [0.29, 0.717) is 17.1 Å². The number of nitrogens with one attached hydrogen (secondary N) is 2. The summed E-state index contributed by atoms with van der Waals surface area (Å²) in [7, 11) is 1.58. The van der Waals surface area contributed by atoms with Crippen LogP contribution in [0.15, 0.2) is 51.7 Å². The van der Waals surface area contributed by atoms with Gasteiger partial charge in [-0.05, 0) is 31.2 Å². The topological polar surface area (TPSA) is 93.7 Å². The van der Waals surface area contributed by atoms with E-state index in [4.69, 9.17) is 13.6 Å². The normalized spacial score (nSPS) is 11.9. The summed E-state index contributed by atoms with van der Waals surface area (Å²) in [6, 6.07) is 8.28. The number of furan rings is 2. The summed E-state index contributed by atoms with van der Waals surface area (Å²) in [5.41, 5.74) is 1.40. The summed E-state index contributed by atoms with van der Waals surface area (Å²) in [4.78, 5) is 24.3. The van der Waals surface area contributed by atoms with Crippen LogP contribution in [0.1, 0.15) is 18.2 Å². The molecule has 0 saturated carbocycles. The fraction of sp³-hybridized carbons (Fsp3) is 0.263. The fourth-order valence-electron chi connectivity index (χ4n) is 2.60. The van der Waals surface area contributed by atoms with E-state index in [-0.39, 0.29) is 24.8 Å². The van der Waals surface area contributed by atoms with Crippen molar-refractivity contribution in [1.82, 2.24) is 10.6 Å². The van der Waals surface area contributed by atoms with Crippen LogP contribution >= 0.6 is 0 Å². The van der Waals surface area contributed by atoms with E-state index >= 15 is 0 Å². The van der Waals surface area contributed by atoms with Gasteiger partial charge < -0.3 is 24.2 Å². The maximum Gasteiger partial charge on any atom is 0.242 e. The van der Waals surface area contributed by atoms with Gasteiger partial charge in [0.1, 0.15) is 23.1 Å². The van der Waals surface area contributed by atoms with Crippen molar-refractivity contribution in [3.63, 3.8) is 0 Å². The molecule has 2 aromatic heterocycles. The number of benzene rings is 1. The molecule has 0 radical (unpaired) electrons. The summed E-state index contributed by atoms with van der Waals surface area (Å²) >= 11 is 0. The maximum absolute atomic E-state index is 12.2. The van der Waals surface area contributed by atoms with E-state index in [2.05, 4.69) is 10.6 Å². The Labute approximate surface area is 150 Å². The molecule has 2 amide bonds. The number of fused-ring (bicyclic) bond motifs is 1. The molecule has 0 fully saturated rings. The molecular formula is C19H20N2O5. The number of hydrogen-bond acceptors (Lipinski definition) is 5. The Balaban J connectivity index is 1.55. The summed E-state index contributed by atoms with van der Waals surface area (Å²) in [6.07, 6.45) is 3.21. The Morgan fingerprint density at radius 1 is 1.23 bits per heavy atom. The van der Waals surface area contributed by atoms with Crippen LogP contribution in [0.25, 0.3) is 11.0 Å². The molecule has 1 atom stereocenters. The van der Waals surface area contributed by atoms with Gasteiger partial charge in [0.15, 0.2) is 0 Å². The first-order valence-corrected chi connectivity index (χ1v) is 8.20. The number of carbonyl (C=O) groups excluding carboxylic acids is 2. The highest BCUT2D eigenvalue weighted by molar-refractivity contribution is 5.91. The van der Waals surface area contributed by atoms with E-state index in [1.807, 2.05) is 12.1 Å². The molecule has 7 heteroatoms. The maximum atomic E-state index is 12.2. The first-order valence-electron chi connectivity index (χ1n) is 8.20. The van der Waals surface area contributed by atoms with Gasteiger partial charge in [0, 0.05) is 17.0 Å². The summed E-state index contributed by atoms with van der Waals surface area (Å²) in [5, 5.41) is 6.24. The van der Waals surface area contributed by atoms with Crippen LogP contribution in [-0.4, -0.2) is 25.0 Å². The molecule has 0 unspecified atom stereocenters. The lowest BCUT2D eigenvalue weighted by Gasteiger charge is -2.13. The second kappa shape index (κ2) is 7.77. The largest absolute Gasteiger partial charge is 0.497 e. The number of rotatable bonds is 7. The Kier molecular flexibility index (Phi) is 5.26. The Hall–Kier alpha value is -3.22. The summed E-state index contributed by atoms with van der Waals surface area (Å²) in [6.45, 7) is 1.91. The highest BCUT2D eigenvalue weighted by Crippen LogP contribution is 2.25. The van der Waals surface area contributed by atoms with E-state index in [0.717, 1.165) is 10.9 Å². The quantitative estimate of drug-likeness (QED) is 0.678. The van der Waals surface area contributed by atoms with Gasteiger partial charge in [0.25, 0.3) is 0 Å². The molecule has 3 rings (SSSR count). The molecule has 0 spiro atoms. The molecule has 0 aliphatic heterocycles. The first kappa shape index (κ1) is 17.6. The van der Waals surface area contributed by atoms with Gasteiger partial charge >= 0.3 is 0 Å². The summed E-state index contributed by atoms with van der Waals surface area (Å²) in [5.74, 6) is 0.794. The minimum atomic E-state index is -0.657. The van der Waals surface area contributed by atoms with Crippen LogP contribution in [0.3, 0.4) is 0 Å². The van der Waals surface area contributed by atoms with Crippen molar-refractivity contribution in [3.8, 4) is 5.75 Å². The van der Waals surface area contributed by atoms with Crippen molar-refractivity contribution in [2.75, 3.05) is 7.11 Å². The predicted octanol–water partition coefficient (Wildman–Crippen LogP) is 2.40. The van der Waals surface area contributed by atoms with Crippen molar-refractivity contribution < 1.29 is 23.2 Å². The molecule has 136 valence electrons. The lowest BCUT2D eigenvalue weighted by Crippen LogP contribution is -2.45. The smallest absolute Gasteiger partial charge is 0.242 e. The fourth-order valence-corrected chi connectivity index (χ4v) is 2.60. The van der Waals surface area contributed by atoms with Crippen molar-refractivity contribution in [2.24, 2.45) is 0 Å². The lowest BCUT2D eigenvalue weighted by molar-refractivity contribution is -0.128. The molecule has 26 heavy (non-hydrogen) atoms. The molecule has 0 aliphatic rings. The van der Waals surface area contributed by atoms with Crippen LogP contribution in [0.4, 0.5) is 0 Å². The third-order valence-electron chi connectivity index (χ3n) is 4.00. The van der Waals surface area contributed by atoms with Gasteiger partial charge in [-0.3, -0.25) is 9.59 Å². The van der Waals surface area contributed by atoms with Gasteiger partial charge in [-0.2, -0.15) is 0 Å². The third kappa shape index (κ3) is 4.05. The standard InChI is InChI=1S/C19H20N2O5/c1-12(19(23)20-10-15-4-3-7-25-15)21-18(22)8-13-11-26-17-9-14(24-2)5-6-16(13)17/h3-7,9,11-12H,8,10H2,1-2H3,(H,20,23)(H,21,22)/t12-/m0/s1. The molecule has 0 saturated heterocycles. The van der Waals surface area contributed by atoms with Gasteiger partial charge in [0.05, 0.1) is 32.6 Å². The number of amides is 2. The Morgan fingerprint density at radius 2 is 2.08 bits per heavy atom. The van der Waals surface area contributed by atoms with E-state index < -0.39 is 6.04 Å². The second-order valence-electron chi connectivity index (χ2n) is 5.89. The predicted molar refractivity (Wildman–Crippen MR) is 94.6 cm³/mol. The van der Waals surface area contributed by atoms with Crippen LogP contribution in [0, 0.1) is 0 Å². The van der Waals surface area contributed by atoms with Gasteiger partial charge in [0.2, 0.25) is 11.8 Å². The molecule has 7 nitrogen and oxygen atoms in total. The van der Waals surface area contributed by atoms with Crippen LogP contribution in [0.5, 0.6) is 5.75 Å². The van der Waals surface area contributed by atoms with Crippen molar-refractivity contribution >= 4 is 22.8 Å². The van der Waals surface area contributed by atoms with E-state index in [1.54, 1.807) is 38.5 Å². The Bertz CT molecular complexity index is 898.